The van der Waals surface area contributed by atoms with Gasteiger partial charge in [0.1, 0.15) is 4.90 Å². The predicted molar refractivity (Wildman–Crippen MR) is 79.3 cm³/mol. The first-order valence-electron chi connectivity index (χ1n) is 7.09. The van der Waals surface area contributed by atoms with Gasteiger partial charge in [-0.15, -0.1) is 0 Å². The van der Waals surface area contributed by atoms with Crippen LogP contribution in [-0.4, -0.2) is 20.5 Å². The minimum Gasteiger partial charge on any atom is -0.310 e. The van der Waals surface area contributed by atoms with Gasteiger partial charge in [-0.3, -0.25) is 0 Å². The fourth-order valence-electron chi connectivity index (χ4n) is 2.22. The Bertz CT molecular complexity index is 595. The molecule has 0 amide bonds. The summed E-state index contributed by atoms with van der Waals surface area (Å²) in [7, 11) is -3.51. The van der Waals surface area contributed by atoms with Gasteiger partial charge < -0.3 is 5.32 Å². The molecule has 20 heavy (non-hydrogen) atoms. The smallest absolute Gasteiger partial charge is 0.242 e. The molecule has 0 aromatic heterocycles. The van der Waals surface area contributed by atoms with Crippen molar-refractivity contribution in [3.05, 3.63) is 28.8 Å². The third-order valence-corrected chi connectivity index (χ3v) is 5.89. The van der Waals surface area contributed by atoms with E-state index in [1.807, 2.05) is 6.07 Å². The molecule has 0 atom stereocenters. The second-order valence-corrected chi connectivity index (χ2v) is 7.76. The molecule has 1 aromatic carbocycles. The molecule has 4 nitrogen and oxygen atoms in total. The second kappa shape index (κ2) is 5.64. The zero-order valence-corrected chi connectivity index (χ0v) is 12.8. The first-order valence-corrected chi connectivity index (χ1v) is 8.95. The predicted octanol–water partition coefficient (Wildman–Crippen LogP) is 2.42. The highest BCUT2D eigenvalue weighted by molar-refractivity contribution is 7.89. The summed E-state index contributed by atoms with van der Waals surface area (Å²) in [6, 6.07) is 5.89. The topological polar surface area (TPSA) is 58.2 Å². The number of hydrogen-bond acceptors (Lipinski definition) is 3. The Hall–Kier alpha value is -0.620. The molecular formula is C14H19ClN2O2S. The van der Waals surface area contributed by atoms with Crippen LogP contribution in [0.3, 0.4) is 0 Å². The van der Waals surface area contributed by atoms with Crippen LogP contribution in [0.15, 0.2) is 23.1 Å². The van der Waals surface area contributed by atoms with E-state index in [1.165, 1.54) is 12.8 Å². The number of halogens is 1. The Labute approximate surface area is 125 Å². The summed E-state index contributed by atoms with van der Waals surface area (Å²) in [5.41, 5.74) is 0.954. The molecule has 6 heteroatoms. The molecule has 0 spiro atoms. The molecule has 2 saturated carbocycles. The largest absolute Gasteiger partial charge is 0.310 e. The van der Waals surface area contributed by atoms with E-state index in [0.717, 1.165) is 24.8 Å². The molecule has 0 saturated heterocycles. The normalized spacial score (nSPS) is 19.9. The van der Waals surface area contributed by atoms with Gasteiger partial charge in [0.25, 0.3) is 0 Å². The molecule has 0 aliphatic heterocycles. The molecule has 0 radical (unpaired) electrons. The van der Waals surface area contributed by atoms with Crippen LogP contribution in [0.25, 0.3) is 0 Å². The summed E-state index contributed by atoms with van der Waals surface area (Å²) in [6.07, 6.45) is 5.34. The summed E-state index contributed by atoms with van der Waals surface area (Å²) in [6.45, 7) is 0.688. The van der Waals surface area contributed by atoms with Crippen LogP contribution in [0.4, 0.5) is 0 Å². The van der Waals surface area contributed by atoms with Crippen molar-refractivity contribution in [3.63, 3.8) is 0 Å². The average molecular weight is 315 g/mol. The number of sulfonamides is 1. The van der Waals surface area contributed by atoms with Crippen LogP contribution < -0.4 is 10.0 Å². The molecule has 110 valence electrons. The van der Waals surface area contributed by atoms with Crippen LogP contribution >= 0.6 is 11.6 Å². The lowest BCUT2D eigenvalue weighted by molar-refractivity contribution is 0.383. The molecule has 2 fully saturated rings. The van der Waals surface area contributed by atoms with Crippen molar-refractivity contribution < 1.29 is 8.42 Å². The zero-order chi connectivity index (χ0) is 14.2. The lowest BCUT2D eigenvalue weighted by Crippen LogP contribution is -2.39. The molecule has 1 aromatic rings. The van der Waals surface area contributed by atoms with Crippen molar-refractivity contribution in [1.82, 2.24) is 10.0 Å². The number of nitrogens with one attached hydrogen (secondary N) is 2. The summed E-state index contributed by atoms with van der Waals surface area (Å²) < 4.78 is 27.4. The maximum atomic E-state index is 12.3. The minimum absolute atomic E-state index is 0.0734. The van der Waals surface area contributed by atoms with E-state index in [2.05, 4.69) is 10.0 Å². The quantitative estimate of drug-likeness (QED) is 0.848. The minimum atomic E-state index is -3.51. The Morgan fingerprint density at radius 1 is 1.15 bits per heavy atom. The van der Waals surface area contributed by atoms with Gasteiger partial charge in [-0.1, -0.05) is 24.1 Å². The monoisotopic (exact) mass is 314 g/mol. The first-order chi connectivity index (χ1) is 9.54. The number of hydrogen-bond donors (Lipinski definition) is 2. The third-order valence-electron chi connectivity index (χ3n) is 3.88. The second-order valence-electron chi connectivity index (χ2n) is 5.67. The lowest BCUT2D eigenvalue weighted by atomic mass is 9.94. The third kappa shape index (κ3) is 3.34. The molecule has 2 aliphatic carbocycles. The highest BCUT2D eigenvalue weighted by Crippen LogP contribution is 2.26. The van der Waals surface area contributed by atoms with Crippen LogP contribution in [0.2, 0.25) is 5.02 Å². The highest BCUT2D eigenvalue weighted by Gasteiger charge is 2.26. The van der Waals surface area contributed by atoms with Gasteiger partial charge in [0.2, 0.25) is 10.0 Å². The summed E-state index contributed by atoms with van der Waals surface area (Å²) in [5.74, 6) is 0. The van der Waals surface area contributed by atoms with E-state index < -0.39 is 10.0 Å². The van der Waals surface area contributed by atoms with E-state index in [9.17, 15) is 8.42 Å². The molecule has 3 rings (SSSR count). The van der Waals surface area contributed by atoms with Crippen molar-refractivity contribution in [1.29, 1.82) is 0 Å². The van der Waals surface area contributed by atoms with Gasteiger partial charge in [0, 0.05) is 18.6 Å². The maximum Gasteiger partial charge on any atom is 0.242 e. The Kier molecular flexibility index (Phi) is 4.04. The zero-order valence-electron chi connectivity index (χ0n) is 11.2. The molecule has 2 aliphatic rings. The van der Waals surface area contributed by atoms with Gasteiger partial charge >= 0.3 is 0 Å². The Balaban J connectivity index is 1.76. The molecule has 0 unspecified atom stereocenters. The number of rotatable bonds is 6. The van der Waals surface area contributed by atoms with Gasteiger partial charge in [-0.2, -0.15) is 0 Å². The van der Waals surface area contributed by atoms with E-state index in [-0.39, 0.29) is 16.0 Å². The Morgan fingerprint density at radius 3 is 2.50 bits per heavy atom. The number of benzene rings is 1. The van der Waals surface area contributed by atoms with Crippen molar-refractivity contribution >= 4 is 21.6 Å². The van der Waals surface area contributed by atoms with Gasteiger partial charge in [-0.05, 0) is 43.4 Å². The van der Waals surface area contributed by atoms with Crippen LogP contribution in [-0.2, 0) is 16.6 Å². The standard InChI is InChI=1S/C14H19ClN2O2S/c15-13-7-4-10(9-16-11-5-6-11)8-14(13)20(18,19)17-12-2-1-3-12/h4,7-8,11-12,16-17H,1-3,5-6,9H2. The molecule has 2 N–H and O–H groups in total. The summed E-state index contributed by atoms with van der Waals surface area (Å²) >= 11 is 6.06. The molecular weight excluding hydrogens is 296 g/mol. The fraction of sp³-hybridized carbons (Fsp3) is 0.571. The maximum absolute atomic E-state index is 12.3. The summed E-state index contributed by atoms with van der Waals surface area (Å²) in [4.78, 5) is 0.196. The van der Waals surface area contributed by atoms with Crippen molar-refractivity contribution in [2.75, 3.05) is 0 Å². The molecule has 0 bridgehead atoms. The van der Waals surface area contributed by atoms with Gasteiger partial charge in [0.05, 0.1) is 5.02 Å². The van der Waals surface area contributed by atoms with E-state index in [0.29, 0.717) is 12.6 Å². The highest BCUT2D eigenvalue weighted by atomic mass is 35.5. The lowest BCUT2D eigenvalue weighted by Gasteiger charge is -2.26. The van der Waals surface area contributed by atoms with Gasteiger partial charge in [-0.25, -0.2) is 13.1 Å². The summed E-state index contributed by atoms with van der Waals surface area (Å²) in [5, 5.41) is 3.66. The average Bonchev–Trinajstić information content (AvgIpc) is 3.17. The van der Waals surface area contributed by atoms with E-state index in [1.54, 1.807) is 12.1 Å². The molecule has 0 heterocycles. The van der Waals surface area contributed by atoms with Crippen molar-refractivity contribution in [3.8, 4) is 0 Å². The van der Waals surface area contributed by atoms with Crippen molar-refractivity contribution in [2.24, 2.45) is 0 Å². The SMILES string of the molecule is O=S(=O)(NC1CCC1)c1cc(CNC2CC2)ccc1Cl. The van der Waals surface area contributed by atoms with E-state index in [4.69, 9.17) is 11.6 Å². The van der Waals surface area contributed by atoms with Crippen LogP contribution in [0.5, 0.6) is 0 Å². The first kappa shape index (κ1) is 14.3. The van der Waals surface area contributed by atoms with Crippen molar-refractivity contribution in [2.45, 2.75) is 55.6 Å². The van der Waals surface area contributed by atoms with Crippen LogP contribution in [0, 0.1) is 0 Å². The van der Waals surface area contributed by atoms with Crippen LogP contribution in [0.1, 0.15) is 37.7 Å². The Morgan fingerprint density at radius 2 is 1.90 bits per heavy atom. The van der Waals surface area contributed by atoms with Gasteiger partial charge in [0.15, 0.2) is 0 Å². The fourth-order valence-corrected chi connectivity index (χ4v) is 4.08. The van der Waals surface area contributed by atoms with E-state index >= 15 is 0 Å².